The minimum Gasteiger partial charge on any atom is -0.409 e. The fourth-order valence-corrected chi connectivity index (χ4v) is 5.44. The Hall–Kier alpha value is -2.06. The molecule has 1 aromatic rings. The second-order valence-electron chi connectivity index (χ2n) is 8.87. The number of halogens is 1. The van der Waals surface area contributed by atoms with Crippen molar-refractivity contribution in [1.82, 2.24) is 15.2 Å². The molecule has 0 bridgehead atoms. The monoisotopic (exact) mass is 450 g/mol. The van der Waals surface area contributed by atoms with Gasteiger partial charge in [0, 0.05) is 38.3 Å². The fraction of sp³-hybridized carbons (Fsp3) is 0.682. The molecule has 2 N–H and O–H groups in total. The summed E-state index contributed by atoms with van der Waals surface area (Å²) in [6.45, 7) is 4.54. The topological polar surface area (TPSA) is 95.0 Å². The molecule has 2 amide bonds. The van der Waals surface area contributed by atoms with Gasteiger partial charge >= 0.3 is 6.09 Å². The normalized spacial score (nSPS) is 25.7. The van der Waals surface area contributed by atoms with Gasteiger partial charge < -0.3 is 25.0 Å². The Labute approximate surface area is 187 Å². The van der Waals surface area contributed by atoms with Gasteiger partial charge in [-0.1, -0.05) is 11.6 Å². The SMILES string of the molecule is CCNC(=O)Oc1cnc(N2CCC3(CC2)CCN(C2CCC(O)CC2)C3=O)c(Cl)c1. The Morgan fingerprint density at radius 2 is 1.94 bits per heavy atom. The molecule has 0 aromatic carbocycles. The summed E-state index contributed by atoms with van der Waals surface area (Å²) in [6, 6.07) is 1.88. The highest BCUT2D eigenvalue weighted by molar-refractivity contribution is 6.33. The van der Waals surface area contributed by atoms with Crippen LogP contribution in [0.5, 0.6) is 5.75 Å². The summed E-state index contributed by atoms with van der Waals surface area (Å²) in [5.74, 6) is 1.24. The van der Waals surface area contributed by atoms with E-state index < -0.39 is 6.09 Å². The molecule has 0 unspecified atom stereocenters. The maximum absolute atomic E-state index is 13.3. The second kappa shape index (κ2) is 9.20. The Kier molecular flexibility index (Phi) is 6.57. The Bertz CT molecular complexity index is 820. The Morgan fingerprint density at radius 3 is 2.58 bits per heavy atom. The Balaban J connectivity index is 1.36. The van der Waals surface area contributed by atoms with Crippen LogP contribution in [0.1, 0.15) is 51.9 Å². The van der Waals surface area contributed by atoms with E-state index in [9.17, 15) is 14.7 Å². The summed E-state index contributed by atoms with van der Waals surface area (Å²) in [5.41, 5.74) is -0.277. The van der Waals surface area contributed by atoms with Crippen molar-refractivity contribution in [2.45, 2.75) is 64.0 Å². The number of ether oxygens (including phenoxy) is 1. The molecule has 3 aliphatic rings. The smallest absolute Gasteiger partial charge is 0.409 e. The molecule has 2 saturated heterocycles. The maximum atomic E-state index is 13.3. The number of pyridine rings is 1. The molecule has 170 valence electrons. The third kappa shape index (κ3) is 4.60. The molecular weight excluding hydrogens is 420 g/mol. The van der Waals surface area contributed by atoms with E-state index in [1.807, 2.05) is 6.92 Å². The third-order valence-corrected chi connectivity index (χ3v) is 7.28. The van der Waals surface area contributed by atoms with Crippen molar-refractivity contribution in [2.75, 3.05) is 31.1 Å². The standard InChI is InChI=1S/C22H31ClN4O4/c1-2-24-21(30)31-17-13-18(23)19(25-14-17)26-10-7-22(8-11-26)9-12-27(20(22)29)15-3-5-16(28)6-4-15/h13-16,28H,2-12H2,1H3,(H,24,30). The summed E-state index contributed by atoms with van der Waals surface area (Å²) in [7, 11) is 0. The quantitative estimate of drug-likeness (QED) is 0.732. The summed E-state index contributed by atoms with van der Waals surface area (Å²) in [5, 5.41) is 12.8. The van der Waals surface area contributed by atoms with E-state index in [4.69, 9.17) is 16.3 Å². The number of amides is 2. The number of hydrogen-bond acceptors (Lipinski definition) is 6. The van der Waals surface area contributed by atoms with Gasteiger partial charge in [-0.05, 0) is 51.9 Å². The molecule has 0 radical (unpaired) electrons. The van der Waals surface area contributed by atoms with Crippen LogP contribution in [0.4, 0.5) is 10.6 Å². The number of nitrogens with one attached hydrogen (secondary N) is 1. The highest BCUT2D eigenvalue weighted by Crippen LogP contribution is 2.44. The molecule has 1 spiro atoms. The lowest BCUT2D eigenvalue weighted by Gasteiger charge is -2.40. The molecular formula is C22H31ClN4O4. The van der Waals surface area contributed by atoms with Crippen LogP contribution < -0.4 is 15.0 Å². The molecule has 3 fully saturated rings. The van der Waals surface area contributed by atoms with E-state index in [1.165, 1.54) is 6.20 Å². The molecule has 0 atom stereocenters. The predicted molar refractivity (Wildman–Crippen MR) is 117 cm³/mol. The number of likely N-dealkylation sites (tertiary alicyclic amines) is 1. The predicted octanol–water partition coefficient (Wildman–Crippen LogP) is 2.97. The van der Waals surface area contributed by atoms with Gasteiger partial charge in [0.05, 0.1) is 22.7 Å². The van der Waals surface area contributed by atoms with E-state index in [2.05, 4.69) is 20.1 Å². The van der Waals surface area contributed by atoms with E-state index in [1.54, 1.807) is 6.07 Å². The van der Waals surface area contributed by atoms with Crippen molar-refractivity contribution in [3.8, 4) is 5.75 Å². The number of piperidine rings is 1. The molecule has 31 heavy (non-hydrogen) atoms. The molecule has 8 nitrogen and oxygen atoms in total. The second-order valence-corrected chi connectivity index (χ2v) is 9.28. The van der Waals surface area contributed by atoms with Gasteiger partial charge in [-0.25, -0.2) is 9.78 Å². The lowest BCUT2D eigenvalue weighted by Crippen LogP contribution is -2.47. The average Bonchev–Trinajstić information content (AvgIpc) is 3.06. The molecule has 1 aliphatic carbocycles. The number of carbonyl (C=O) groups excluding carboxylic acids is 2. The minimum absolute atomic E-state index is 0.207. The lowest BCUT2D eigenvalue weighted by atomic mass is 9.77. The van der Waals surface area contributed by atoms with Crippen molar-refractivity contribution < 1.29 is 19.4 Å². The molecule has 9 heteroatoms. The highest BCUT2D eigenvalue weighted by Gasteiger charge is 2.50. The zero-order valence-electron chi connectivity index (χ0n) is 18.0. The fourth-order valence-electron chi connectivity index (χ4n) is 5.17. The highest BCUT2D eigenvalue weighted by atomic mass is 35.5. The number of aliphatic hydroxyl groups excluding tert-OH is 1. The van der Waals surface area contributed by atoms with Crippen LogP contribution in [0.3, 0.4) is 0 Å². The number of rotatable bonds is 4. The number of nitrogens with zero attached hydrogens (tertiary/aromatic N) is 3. The van der Waals surface area contributed by atoms with Crippen LogP contribution >= 0.6 is 11.6 Å². The van der Waals surface area contributed by atoms with Crippen LogP contribution in [-0.4, -0.2) is 65.3 Å². The van der Waals surface area contributed by atoms with Crippen LogP contribution in [-0.2, 0) is 4.79 Å². The molecule has 1 aromatic heterocycles. The number of carbonyl (C=O) groups is 2. The van der Waals surface area contributed by atoms with Gasteiger partial charge in [-0.2, -0.15) is 0 Å². The lowest BCUT2D eigenvalue weighted by molar-refractivity contribution is -0.139. The van der Waals surface area contributed by atoms with Crippen LogP contribution in [0.15, 0.2) is 12.3 Å². The summed E-state index contributed by atoms with van der Waals surface area (Å²) >= 11 is 6.43. The van der Waals surface area contributed by atoms with E-state index in [-0.39, 0.29) is 17.6 Å². The molecule has 2 aliphatic heterocycles. The average molecular weight is 451 g/mol. The van der Waals surface area contributed by atoms with Crippen LogP contribution in [0, 0.1) is 5.41 Å². The van der Waals surface area contributed by atoms with Crippen molar-refractivity contribution in [3.05, 3.63) is 17.3 Å². The van der Waals surface area contributed by atoms with Crippen molar-refractivity contribution in [2.24, 2.45) is 5.41 Å². The third-order valence-electron chi connectivity index (χ3n) is 7.00. The van der Waals surface area contributed by atoms with Crippen molar-refractivity contribution in [1.29, 1.82) is 0 Å². The first-order valence-electron chi connectivity index (χ1n) is 11.3. The first-order valence-corrected chi connectivity index (χ1v) is 11.6. The summed E-state index contributed by atoms with van der Waals surface area (Å²) in [4.78, 5) is 33.5. The van der Waals surface area contributed by atoms with Gasteiger partial charge in [-0.15, -0.1) is 0 Å². The Morgan fingerprint density at radius 1 is 1.26 bits per heavy atom. The number of hydrogen-bond donors (Lipinski definition) is 2. The van der Waals surface area contributed by atoms with E-state index >= 15 is 0 Å². The minimum atomic E-state index is -0.537. The largest absolute Gasteiger partial charge is 0.412 e. The van der Waals surface area contributed by atoms with Gasteiger partial charge in [0.25, 0.3) is 0 Å². The zero-order valence-corrected chi connectivity index (χ0v) is 18.7. The molecule has 3 heterocycles. The first-order chi connectivity index (χ1) is 14.9. The van der Waals surface area contributed by atoms with Crippen molar-refractivity contribution in [3.63, 3.8) is 0 Å². The summed E-state index contributed by atoms with van der Waals surface area (Å²) in [6.07, 6.45) is 6.61. The van der Waals surface area contributed by atoms with Crippen LogP contribution in [0.2, 0.25) is 5.02 Å². The van der Waals surface area contributed by atoms with Gasteiger partial charge in [-0.3, -0.25) is 4.79 Å². The van der Waals surface area contributed by atoms with Gasteiger partial charge in [0.1, 0.15) is 5.82 Å². The van der Waals surface area contributed by atoms with Crippen LogP contribution in [0.25, 0.3) is 0 Å². The zero-order chi connectivity index (χ0) is 22.0. The summed E-state index contributed by atoms with van der Waals surface area (Å²) < 4.78 is 5.16. The first kappa shape index (κ1) is 22.1. The van der Waals surface area contributed by atoms with E-state index in [0.29, 0.717) is 42.1 Å². The van der Waals surface area contributed by atoms with Crippen molar-refractivity contribution >= 4 is 29.4 Å². The molecule has 4 rings (SSSR count). The van der Waals surface area contributed by atoms with Gasteiger partial charge in [0.15, 0.2) is 5.75 Å². The number of anilines is 1. The maximum Gasteiger partial charge on any atom is 0.412 e. The number of aliphatic hydroxyl groups is 1. The van der Waals surface area contributed by atoms with E-state index in [0.717, 1.165) is 51.5 Å². The number of aromatic nitrogens is 1. The van der Waals surface area contributed by atoms with Gasteiger partial charge in [0.2, 0.25) is 5.91 Å². The molecule has 1 saturated carbocycles.